The van der Waals surface area contributed by atoms with E-state index < -0.39 is 4.92 Å². The van der Waals surface area contributed by atoms with Crippen molar-refractivity contribution in [2.75, 3.05) is 6.61 Å². The fourth-order valence-corrected chi connectivity index (χ4v) is 0.982. The first-order valence-electron chi connectivity index (χ1n) is 4.51. The summed E-state index contributed by atoms with van der Waals surface area (Å²) < 4.78 is 10.2. The van der Waals surface area contributed by atoms with Crippen LogP contribution < -0.4 is 4.74 Å². The van der Waals surface area contributed by atoms with Crippen LogP contribution in [-0.4, -0.2) is 11.5 Å². The van der Waals surface area contributed by atoms with Crippen molar-refractivity contribution in [1.82, 2.24) is 0 Å². The second-order valence-corrected chi connectivity index (χ2v) is 3.35. The molecule has 0 unspecified atom stereocenters. The van der Waals surface area contributed by atoms with Gasteiger partial charge in [-0.2, -0.15) is 0 Å². The predicted octanol–water partition coefficient (Wildman–Crippen LogP) is 2.84. The summed E-state index contributed by atoms with van der Waals surface area (Å²) in [7, 11) is 0. The molecule has 15 heavy (non-hydrogen) atoms. The Labute approximate surface area is 87.5 Å². The van der Waals surface area contributed by atoms with E-state index in [1.54, 1.807) is 6.92 Å². The Morgan fingerprint density at radius 2 is 2.33 bits per heavy atom. The van der Waals surface area contributed by atoms with Gasteiger partial charge in [0.15, 0.2) is 5.75 Å². The second kappa shape index (κ2) is 4.63. The smallest absolute Gasteiger partial charge is 0.437 e. The maximum Gasteiger partial charge on any atom is 0.437 e. The summed E-state index contributed by atoms with van der Waals surface area (Å²) in [6.07, 6.45) is 1.89. The summed E-state index contributed by atoms with van der Waals surface area (Å²) in [6, 6.07) is 1.29. The Kier molecular flexibility index (Phi) is 3.49. The molecule has 0 saturated carbocycles. The minimum absolute atomic E-state index is 0.292. The van der Waals surface area contributed by atoms with Crippen molar-refractivity contribution in [1.29, 1.82) is 0 Å². The van der Waals surface area contributed by atoms with Crippen LogP contribution in [0.5, 0.6) is 5.75 Å². The first-order valence-corrected chi connectivity index (χ1v) is 4.51. The van der Waals surface area contributed by atoms with Crippen molar-refractivity contribution >= 4 is 5.88 Å². The molecule has 82 valence electrons. The summed E-state index contributed by atoms with van der Waals surface area (Å²) in [4.78, 5) is 9.81. The zero-order valence-corrected chi connectivity index (χ0v) is 8.94. The van der Waals surface area contributed by atoms with Crippen LogP contribution in [0.25, 0.3) is 0 Å². The largest absolute Gasteiger partial charge is 0.486 e. The molecule has 0 aromatic carbocycles. The number of aryl methyl sites for hydroxylation is 1. The Morgan fingerprint density at radius 3 is 2.80 bits per heavy atom. The molecule has 0 aliphatic rings. The monoisotopic (exact) mass is 211 g/mol. The Bertz CT molecular complexity index is 388. The summed E-state index contributed by atoms with van der Waals surface area (Å²) in [5.74, 6) is 0.544. The first kappa shape index (κ1) is 11.3. The molecule has 0 bridgehead atoms. The lowest BCUT2D eigenvalue weighted by Gasteiger charge is -1.99. The SMILES string of the molecule is CC(C)=CCOc1cc([N+](=O)[O-])oc1C. The highest BCUT2D eigenvalue weighted by atomic mass is 16.6. The van der Waals surface area contributed by atoms with Gasteiger partial charge in [0, 0.05) is 0 Å². The van der Waals surface area contributed by atoms with E-state index >= 15 is 0 Å². The van der Waals surface area contributed by atoms with Crippen LogP contribution in [0.3, 0.4) is 0 Å². The predicted molar refractivity (Wildman–Crippen MR) is 55.0 cm³/mol. The molecule has 0 saturated heterocycles. The van der Waals surface area contributed by atoms with Gasteiger partial charge in [0.1, 0.15) is 23.4 Å². The zero-order valence-electron chi connectivity index (χ0n) is 8.94. The molecule has 1 heterocycles. The van der Waals surface area contributed by atoms with Crippen molar-refractivity contribution in [3.8, 4) is 5.75 Å². The van der Waals surface area contributed by atoms with Crippen molar-refractivity contribution in [2.45, 2.75) is 20.8 Å². The van der Waals surface area contributed by atoms with E-state index in [1.165, 1.54) is 6.07 Å². The fraction of sp³-hybridized carbons (Fsp3) is 0.400. The second-order valence-electron chi connectivity index (χ2n) is 3.35. The van der Waals surface area contributed by atoms with Gasteiger partial charge in [0.25, 0.3) is 0 Å². The highest BCUT2D eigenvalue weighted by Crippen LogP contribution is 2.27. The van der Waals surface area contributed by atoms with E-state index in [9.17, 15) is 10.1 Å². The molecule has 0 amide bonds. The third-order valence-corrected chi connectivity index (χ3v) is 1.77. The number of hydrogen-bond donors (Lipinski definition) is 0. The van der Waals surface area contributed by atoms with Gasteiger partial charge in [-0.3, -0.25) is 10.1 Å². The highest BCUT2D eigenvalue weighted by Gasteiger charge is 2.16. The summed E-state index contributed by atoms with van der Waals surface area (Å²) in [5, 5.41) is 10.4. The third-order valence-electron chi connectivity index (χ3n) is 1.77. The van der Waals surface area contributed by atoms with Crippen molar-refractivity contribution in [3.63, 3.8) is 0 Å². The van der Waals surface area contributed by atoms with Crippen molar-refractivity contribution < 1.29 is 14.1 Å². The van der Waals surface area contributed by atoms with Crippen LogP contribution >= 0.6 is 0 Å². The van der Waals surface area contributed by atoms with Gasteiger partial charge in [-0.25, -0.2) is 0 Å². The van der Waals surface area contributed by atoms with Gasteiger partial charge < -0.3 is 9.15 Å². The van der Waals surface area contributed by atoms with Gasteiger partial charge in [0.05, 0.1) is 0 Å². The molecule has 0 atom stereocenters. The summed E-state index contributed by atoms with van der Waals surface area (Å²) in [5.41, 5.74) is 1.13. The van der Waals surface area contributed by atoms with Crippen LogP contribution in [0.15, 0.2) is 22.1 Å². The number of hydrogen-bond acceptors (Lipinski definition) is 4. The van der Waals surface area contributed by atoms with Crippen LogP contribution in [0.2, 0.25) is 0 Å². The van der Waals surface area contributed by atoms with Gasteiger partial charge in [-0.1, -0.05) is 5.57 Å². The molecular weight excluding hydrogens is 198 g/mol. The van der Waals surface area contributed by atoms with E-state index in [0.717, 1.165) is 5.57 Å². The lowest BCUT2D eigenvalue weighted by atomic mass is 10.3. The molecule has 0 spiro atoms. The molecule has 1 aromatic rings. The molecule has 1 rings (SSSR count). The number of nitro groups is 1. The lowest BCUT2D eigenvalue weighted by Crippen LogP contribution is -1.93. The average molecular weight is 211 g/mol. The highest BCUT2D eigenvalue weighted by molar-refractivity contribution is 5.34. The van der Waals surface area contributed by atoms with Gasteiger partial charge in [-0.05, 0) is 26.8 Å². The molecule has 5 nitrogen and oxygen atoms in total. The van der Waals surface area contributed by atoms with Gasteiger partial charge >= 0.3 is 5.88 Å². The fourth-order valence-electron chi connectivity index (χ4n) is 0.982. The molecular formula is C10H13NO4. The molecule has 1 aromatic heterocycles. The van der Waals surface area contributed by atoms with Crippen LogP contribution in [0, 0.1) is 17.0 Å². The van der Waals surface area contributed by atoms with E-state index in [-0.39, 0.29) is 5.88 Å². The minimum atomic E-state index is -0.583. The summed E-state index contributed by atoms with van der Waals surface area (Å²) >= 11 is 0. The van der Waals surface area contributed by atoms with Crippen LogP contribution in [0.4, 0.5) is 5.88 Å². The third kappa shape index (κ3) is 3.12. The number of rotatable bonds is 4. The topological polar surface area (TPSA) is 65.5 Å². The minimum Gasteiger partial charge on any atom is -0.486 e. The maximum atomic E-state index is 10.4. The van der Waals surface area contributed by atoms with E-state index in [2.05, 4.69) is 0 Å². The van der Waals surface area contributed by atoms with E-state index in [1.807, 2.05) is 19.9 Å². The normalized spacial score (nSPS) is 9.80. The van der Waals surface area contributed by atoms with Gasteiger partial charge in [0.2, 0.25) is 0 Å². The number of allylic oxidation sites excluding steroid dienone is 1. The molecule has 5 heteroatoms. The zero-order chi connectivity index (χ0) is 11.4. The molecule has 0 fully saturated rings. The van der Waals surface area contributed by atoms with Crippen LogP contribution in [-0.2, 0) is 0 Å². The van der Waals surface area contributed by atoms with Crippen LogP contribution in [0.1, 0.15) is 19.6 Å². The standard InChI is InChI=1S/C10H13NO4/c1-7(2)4-5-14-9-6-10(11(12)13)15-8(9)3/h4,6H,5H2,1-3H3. The van der Waals surface area contributed by atoms with E-state index in [4.69, 9.17) is 9.15 Å². The molecule has 0 aliphatic carbocycles. The lowest BCUT2D eigenvalue weighted by molar-refractivity contribution is -0.402. The quantitative estimate of drug-likeness (QED) is 0.436. The summed E-state index contributed by atoms with van der Waals surface area (Å²) in [6.45, 7) is 5.92. The van der Waals surface area contributed by atoms with E-state index in [0.29, 0.717) is 18.1 Å². The Hall–Kier alpha value is -1.78. The Balaban J connectivity index is 2.69. The first-order chi connectivity index (χ1) is 7.00. The average Bonchev–Trinajstić information content (AvgIpc) is 2.47. The number of furan rings is 1. The number of nitrogens with zero attached hydrogens (tertiary/aromatic N) is 1. The van der Waals surface area contributed by atoms with Gasteiger partial charge in [-0.15, -0.1) is 0 Å². The Morgan fingerprint density at radius 1 is 1.67 bits per heavy atom. The van der Waals surface area contributed by atoms with Crippen molar-refractivity contribution in [3.05, 3.63) is 33.6 Å². The maximum absolute atomic E-state index is 10.4. The molecule has 0 aliphatic heterocycles. The molecule has 0 radical (unpaired) electrons. The van der Waals surface area contributed by atoms with Crippen molar-refractivity contribution in [2.24, 2.45) is 0 Å². The number of ether oxygens (including phenoxy) is 1. The molecule has 0 N–H and O–H groups in total.